The Labute approximate surface area is 469 Å². The minimum atomic E-state index is -4.39. The van der Waals surface area contributed by atoms with Gasteiger partial charge in [-0.3, -0.25) is 18.6 Å². The predicted octanol–water partition coefficient (Wildman–Crippen LogP) is 19.8. The Morgan fingerprint density at radius 2 is 0.750 bits per heavy atom. The van der Waals surface area contributed by atoms with E-state index in [-0.39, 0.29) is 32.0 Å². The summed E-state index contributed by atoms with van der Waals surface area (Å²) in [5.41, 5.74) is 0. The summed E-state index contributed by atoms with van der Waals surface area (Å²) in [6.07, 6.45) is 76.6. The van der Waals surface area contributed by atoms with Gasteiger partial charge in [-0.05, 0) is 89.9 Å². The van der Waals surface area contributed by atoms with Crippen LogP contribution in [0.5, 0.6) is 0 Å². The fourth-order valence-electron chi connectivity index (χ4n) is 8.60. The number of quaternary nitrogens is 1. The molecule has 0 aliphatic rings. The molecule has 2 atom stereocenters. The number of hydrogen-bond acceptors (Lipinski definition) is 7. The second-order valence-electron chi connectivity index (χ2n) is 22.1. The maximum absolute atomic E-state index is 12.8. The molecular weight excluding hydrogens is 966 g/mol. The molecule has 0 aromatic heterocycles. The van der Waals surface area contributed by atoms with E-state index in [0.717, 1.165) is 70.6 Å². The molecule has 0 amide bonds. The maximum atomic E-state index is 12.8. The highest BCUT2D eigenvalue weighted by Gasteiger charge is 2.27. The molecule has 1 N–H and O–H groups in total. The molecule has 0 aliphatic carbocycles. The molecule has 0 saturated carbocycles. The first-order chi connectivity index (χ1) is 37.0. The van der Waals surface area contributed by atoms with Crippen LogP contribution in [0, 0.1) is 0 Å². The van der Waals surface area contributed by atoms with Crippen LogP contribution in [-0.4, -0.2) is 74.9 Å². The molecule has 76 heavy (non-hydrogen) atoms. The molecule has 2 unspecified atom stereocenters. The van der Waals surface area contributed by atoms with Crippen LogP contribution in [0.15, 0.2) is 85.1 Å². The van der Waals surface area contributed by atoms with Crippen LogP contribution >= 0.6 is 7.82 Å². The number of carbonyl (C=O) groups is 2. The second kappa shape index (κ2) is 56.9. The lowest BCUT2D eigenvalue weighted by Gasteiger charge is -2.24. The van der Waals surface area contributed by atoms with Crippen LogP contribution in [0.25, 0.3) is 0 Å². The third kappa shape index (κ3) is 60.4. The number of phosphoric ester groups is 1. The van der Waals surface area contributed by atoms with Gasteiger partial charge in [0.15, 0.2) is 6.10 Å². The van der Waals surface area contributed by atoms with Crippen LogP contribution in [0.3, 0.4) is 0 Å². The number of esters is 2. The van der Waals surface area contributed by atoms with Gasteiger partial charge in [-0.25, -0.2) is 4.57 Å². The number of ether oxygens (including phenoxy) is 2. The van der Waals surface area contributed by atoms with E-state index in [9.17, 15) is 19.0 Å². The van der Waals surface area contributed by atoms with Gasteiger partial charge in [-0.15, -0.1) is 0 Å². The van der Waals surface area contributed by atoms with Crippen molar-refractivity contribution >= 4 is 19.8 Å². The van der Waals surface area contributed by atoms with Gasteiger partial charge >= 0.3 is 19.8 Å². The summed E-state index contributed by atoms with van der Waals surface area (Å²) in [7, 11) is 1.48. The van der Waals surface area contributed by atoms with Crippen molar-refractivity contribution in [2.24, 2.45) is 0 Å². The first kappa shape index (κ1) is 73.2. The molecule has 440 valence electrons. The highest BCUT2D eigenvalue weighted by atomic mass is 31.2. The van der Waals surface area contributed by atoms with Crippen molar-refractivity contribution in [2.75, 3.05) is 47.5 Å². The second-order valence-corrected chi connectivity index (χ2v) is 23.5. The average molecular weight is 1090 g/mol. The fraction of sp³-hybridized carbons (Fsp3) is 0.758. The van der Waals surface area contributed by atoms with Gasteiger partial charge in [0.1, 0.15) is 19.8 Å². The molecule has 0 radical (unpaired) electrons. The zero-order valence-corrected chi connectivity index (χ0v) is 50.9. The van der Waals surface area contributed by atoms with Gasteiger partial charge in [0.25, 0.3) is 0 Å². The van der Waals surface area contributed by atoms with Crippen LogP contribution in [0.1, 0.15) is 271 Å². The molecule has 0 rings (SSSR count). The van der Waals surface area contributed by atoms with Crippen LogP contribution in [0.4, 0.5) is 0 Å². The van der Waals surface area contributed by atoms with E-state index < -0.39 is 26.5 Å². The fourth-order valence-corrected chi connectivity index (χ4v) is 9.34. The topological polar surface area (TPSA) is 108 Å². The molecule has 0 aromatic rings. The Kier molecular flexibility index (Phi) is 54.8. The number of hydrogen-bond donors (Lipinski definition) is 1. The number of allylic oxidation sites excluding steroid dienone is 14. The van der Waals surface area contributed by atoms with Gasteiger partial charge in [-0.1, -0.05) is 253 Å². The van der Waals surface area contributed by atoms with E-state index in [4.69, 9.17) is 18.5 Å². The molecule has 0 bridgehead atoms. The normalized spacial score (nSPS) is 13.8. The van der Waals surface area contributed by atoms with Crippen molar-refractivity contribution in [1.82, 2.24) is 0 Å². The van der Waals surface area contributed by atoms with Crippen LogP contribution in [0.2, 0.25) is 0 Å². The summed E-state index contributed by atoms with van der Waals surface area (Å²) in [6.45, 7) is 4.33. The monoisotopic (exact) mass is 1080 g/mol. The highest BCUT2D eigenvalue weighted by molar-refractivity contribution is 7.47. The third-order valence-corrected chi connectivity index (χ3v) is 14.4. The first-order valence-corrected chi connectivity index (χ1v) is 32.8. The van der Waals surface area contributed by atoms with Crippen molar-refractivity contribution in [3.8, 4) is 0 Å². The molecule has 0 aromatic carbocycles. The molecular formula is C66H119NO8P+. The lowest BCUT2D eigenvalue weighted by molar-refractivity contribution is -0.870. The van der Waals surface area contributed by atoms with E-state index >= 15 is 0 Å². The molecule has 0 fully saturated rings. The smallest absolute Gasteiger partial charge is 0.462 e. The Balaban J connectivity index is 4.05. The summed E-state index contributed by atoms with van der Waals surface area (Å²) in [5, 5.41) is 0. The Morgan fingerprint density at radius 3 is 1.13 bits per heavy atom. The molecule has 10 heteroatoms. The Hall–Kier alpha value is -2.81. The van der Waals surface area contributed by atoms with Gasteiger partial charge in [0.05, 0.1) is 27.7 Å². The Morgan fingerprint density at radius 1 is 0.421 bits per heavy atom. The quantitative estimate of drug-likeness (QED) is 0.0211. The minimum absolute atomic E-state index is 0.0297. The summed E-state index contributed by atoms with van der Waals surface area (Å²) < 4.78 is 34.6. The number of nitrogens with zero attached hydrogens (tertiary/aromatic N) is 1. The molecule has 0 heterocycles. The van der Waals surface area contributed by atoms with E-state index in [0.29, 0.717) is 17.4 Å². The van der Waals surface area contributed by atoms with Gasteiger partial charge in [0.2, 0.25) is 0 Å². The summed E-state index contributed by atoms with van der Waals surface area (Å²) in [4.78, 5) is 35.7. The first-order valence-electron chi connectivity index (χ1n) is 31.3. The number of phosphoric acid groups is 1. The number of likely N-dealkylation sites (N-methyl/N-ethyl adjacent to an activating group) is 1. The van der Waals surface area contributed by atoms with E-state index in [1.807, 2.05) is 21.1 Å². The standard InChI is InChI=1S/C66H118NO8P/c1-6-8-10-12-14-16-18-20-22-24-25-26-27-28-29-30-31-32-33-34-35-36-37-38-39-40-41-43-45-47-49-51-53-55-57-59-66(69)75-64(63-74-76(70,71)73-61-60-67(3,4)5)62-72-65(68)58-56-54-52-50-48-46-44-42-23-21-19-17-15-13-11-9-7-2/h8,10,14,16,20-23,25-26,28-29,31-32,64H,6-7,9,11-13,15,17-19,24,27,30,33-63H2,1-5H3/p+1/b10-8-,16-14-,22-20-,23-21-,26-25-,29-28-,32-31-. The molecule has 0 aliphatic heterocycles. The third-order valence-electron chi connectivity index (χ3n) is 13.4. The van der Waals surface area contributed by atoms with Crippen molar-refractivity contribution in [2.45, 2.75) is 277 Å². The predicted molar refractivity (Wildman–Crippen MR) is 325 cm³/mol. The SMILES string of the molecule is CC/C=C\C/C=C\C/C=C\C/C=C\C/C=C\C/C=C\CCCCCCCCCCCCCCCCCCC(=O)OC(COC(=O)CCCCCCCCC/C=C\CCCCCCCC)COP(=O)(O)OCC[N+](C)(C)C. The van der Waals surface area contributed by atoms with Crippen molar-refractivity contribution in [3.63, 3.8) is 0 Å². The summed E-state index contributed by atoms with van der Waals surface area (Å²) in [5.74, 6) is -0.796. The zero-order chi connectivity index (χ0) is 55.6. The molecule has 0 saturated heterocycles. The Bertz CT molecular complexity index is 1560. The maximum Gasteiger partial charge on any atom is 0.472 e. The average Bonchev–Trinajstić information content (AvgIpc) is 3.38. The van der Waals surface area contributed by atoms with E-state index in [1.165, 1.54) is 167 Å². The van der Waals surface area contributed by atoms with Gasteiger partial charge in [-0.2, -0.15) is 0 Å². The summed E-state index contributed by atoms with van der Waals surface area (Å²) >= 11 is 0. The number of unbranched alkanes of at least 4 members (excludes halogenated alkanes) is 29. The van der Waals surface area contributed by atoms with Crippen LogP contribution < -0.4 is 0 Å². The zero-order valence-electron chi connectivity index (χ0n) is 50.0. The van der Waals surface area contributed by atoms with Gasteiger partial charge in [0, 0.05) is 12.8 Å². The van der Waals surface area contributed by atoms with Crippen molar-refractivity contribution < 1.29 is 42.1 Å². The lowest BCUT2D eigenvalue weighted by atomic mass is 10.0. The minimum Gasteiger partial charge on any atom is -0.462 e. The highest BCUT2D eigenvalue weighted by Crippen LogP contribution is 2.43. The van der Waals surface area contributed by atoms with Crippen LogP contribution in [-0.2, 0) is 32.7 Å². The molecule has 0 spiro atoms. The summed E-state index contributed by atoms with van der Waals surface area (Å²) in [6, 6.07) is 0. The van der Waals surface area contributed by atoms with Crippen molar-refractivity contribution in [1.29, 1.82) is 0 Å². The van der Waals surface area contributed by atoms with Crippen molar-refractivity contribution in [3.05, 3.63) is 85.1 Å². The van der Waals surface area contributed by atoms with Gasteiger partial charge < -0.3 is 18.9 Å². The lowest BCUT2D eigenvalue weighted by Crippen LogP contribution is -2.37. The van der Waals surface area contributed by atoms with E-state index in [1.54, 1.807) is 0 Å². The largest absolute Gasteiger partial charge is 0.472 e. The van der Waals surface area contributed by atoms with E-state index in [2.05, 4.69) is 98.9 Å². The number of carbonyl (C=O) groups excluding carboxylic acids is 2. The number of rotatable bonds is 57. The molecule has 9 nitrogen and oxygen atoms in total.